The number of nitrogen functional groups attached to an aromatic ring is 1. The van der Waals surface area contributed by atoms with Gasteiger partial charge in [0.1, 0.15) is 0 Å². The molecule has 0 aliphatic carbocycles. The van der Waals surface area contributed by atoms with Crippen LogP contribution in [0.15, 0.2) is 90.3 Å². The van der Waals surface area contributed by atoms with Crippen molar-refractivity contribution in [2.75, 3.05) is 24.3 Å². The van der Waals surface area contributed by atoms with Crippen LogP contribution in [-0.2, 0) is 13.6 Å². The summed E-state index contributed by atoms with van der Waals surface area (Å²) in [6, 6.07) is 25.9. The third kappa shape index (κ3) is 4.69. The Morgan fingerprint density at radius 1 is 0.941 bits per heavy atom. The number of hydrogen-bond acceptors (Lipinski definition) is 6. The number of carbonyl (C=O) groups excluding carboxylic acids is 1. The van der Waals surface area contributed by atoms with Crippen LogP contribution in [0.4, 0.5) is 11.4 Å². The number of rotatable bonds is 5. The summed E-state index contributed by atoms with van der Waals surface area (Å²) in [4.78, 5) is 13.9. The third-order valence-electron chi connectivity index (χ3n) is 5.72. The Labute approximate surface area is 201 Å². The van der Waals surface area contributed by atoms with E-state index in [-0.39, 0.29) is 25.0 Å². The van der Waals surface area contributed by atoms with E-state index in [2.05, 4.69) is 5.32 Å². The van der Waals surface area contributed by atoms with Crippen molar-refractivity contribution in [1.29, 1.82) is 0 Å². The molecular weight excluding hydrogens is 467 g/mol. The molecule has 1 aliphatic heterocycles. The second kappa shape index (κ2) is 9.57. The number of benzene rings is 3. The maximum Gasteiger partial charge on any atom is 0.361 e. The van der Waals surface area contributed by atoms with Gasteiger partial charge in [0.2, 0.25) is 0 Å². The van der Waals surface area contributed by atoms with Crippen LogP contribution in [0.2, 0.25) is 0 Å². The molecule has 0 atom stereocenters. The van der Waals surface area contributed by atoms with Gasteiger partial charge in [0.25, 0.3) is 5.91 Å². The van der Waals surface area contributed by atoms with E-state index in [0.29, 0.717) is 22.2 Å². The van der Waals surface area contributed by atoms with Gasteiger partial charge < -0.3 is 20.1 Å². The molecule has 1 aliphatic rings. The summed E-state index contributed by atoms with van der Waals surface area (Å²) in [7, 11) is -3.29. The zero-order chi connectivity index (χ0) is 23.5. The lowest BCUT2D eigenvalue weighted by Gasteiger charge is -2.29. The average Bonchev–Trinajstić information content (AvgIpc) is 3.42. The van der Waals surface area contributed by atoms with Gasteiger partial charge in [-0.1, -0.05) is 42.5 Å². The molecule has 0 unspecified atom stereocenters. The first kappa shape index (κ1) is 22.6. The van der Waals surface area contributed by atoms with Crippen molar-refractivity contribution < 1.29 is 18.4 Å². The van der Waals surface area contributed by atoms with Gasteiger partial charge in [0.05, 0.1) is 29.9 Å². The molecule has 1 fully saturated rings. The topological polar surface area (TPSA) is 90.6 Å². The van der Waals surface area contributed by atoms with Gasteiger partial charge in [-0.05, 0) is 59.0 Å². The highest BCUT2D eigenvalue weighted by Gasteiger charge is 2.34. The van der Waals surface area contributed by atoms with Crippen LogP contribution >= 0.6 is 18.9 Å². The minimum absolute atomic E-state index is 0.0685. The quantitative estimate of drug-likeness (QED) is 0.269. The maximum absolute atomic E-state index is 12.9. The van der Waals surface area contributed by atoms with Crippen molar-refractivity contribution in [2.45, 2.75) is 5.92 Å². The first-order valence-electron chi connectivity index (χ1n) is 10.8. The Morgan fingerprint density at radius 2 is 1.68 bits per heavy atom. The van der Waals surface area contributed by atoms with Crippen LogP contribution in [0, 0.1) is 0 Å². The molecule has 1 aromatic heterocycles. The third-order valence-corrected chi connectivity index (χ3v) is 8.54. The minimum atomic E-state index is -3.29. The molecular formula is C26H23N2O4PS. The smallest absolute Gasteiger partial charge is 0.361 e. The lowest BCUT2D eigenvalue weighted by atomic mass is 9.99. The van der Waals surface area contributed by atoms with Gasteiger partial charge in [-0.3, -0.25) is 9.36 Å². The Bertz CT molecular complexity index is 1330. The van der Waals surface area contributed by atoms with E-state index in [0.717, 1.165) is 16.0 Å². The van der Waals surface area contributed by atoms with E-state index < -0.39 is 7.60 Å². The van der Waals surface area contributed by atoms with E-state index >= 15 is 0 Å². The number of hydrogen-bond donors (Lipinski definition) is 2. The lowest BCUT2D eigenvalue weighted by molar-refractivity contribution is 0.102. The fourth-order valence-corrected chi connectivity index (χ4v) is 6.16. The largest absolute Gasteiger partial charge is 0.397 e. The first-order chi connectivity index (χ1) is 16.5. The Balaban J connectivity index is 1.25. The number of carbonyl (C=O) groups is 1. The number of thiophene rings is 1. The van der Waals surface area contributed by atoms with Crippen LogP contribution in [0.5, 0.6) is 0 Å². The highest BCUT2D eigenvalue weighted by atomic mass is 32.1. The lowest BCUT2D eigenvalue weighted by Crippen LogP contribution is -2.24. The normalized spacial score (nSPS) is 20.1. The van der Waals surface area contributed by atoms with Crippen molar-refractivity contribution >= 4 is 41.5 Å². The van der Waals surface area contributed by atoms with Crippen LogP contribution in [0.1, 0.15) is 21.8 Å². The molecule has 4 aromatic rings. The predicted octanol–water partition coefficient (Wildman–Crippen LogP) is 5.90. The Kier molecular flexibility index (Phi) is 6.35. The summed E-state index contributed by atoms with van der Waals surface area (Å²) >= 11 is 1.63. The van der Waals surface area contributed by atoms with E-state index in [1.165, 1.54) is 0 Å². The summed E-state index contributed by atoms with van der Waals surface area (Å²) in [5.74, 6) is -0.313. The second-order valence-corrected chi connectivity index (χ2v) is 11.0. The summed E-state index contributed by atoms with van der Waals surface area (Å²) < 4.78 is 24.3. The van der Waals surface area contributed by atoms with Crippen LogP contribution in [-0.4, -0.2) is 19.1 Å². The Hall–Kier alpha value is -3.22. The van der Waals surface area contributed by atoms with E-state index in [1.807, 2.05) is 60.0 Å². The predicted molar refractivity (Wildman–Crippen MR) is 137 cm³/mol. The van der Waals surface area contributed by atoms with Crippen molar-refractivity contribution in [3.63, 3.8) is 0 Å². The summed E-state index contributed by atoms with van der Waals surface area (Å²) in [5.41, 5.74) is 9.64. The standard InChI is InChI=1S/C26H23N2O4PS/c27-23-13-12-20(25-7-4-14-34-25)15-24(23)28-26(29)19-10-8-18(9-11-19)21-16-31-33(30,32-17-21)22-5-2-1-3-6-22/h1-15,21H,16-17,27H2,(H,28,29)/t21-,33-. The minimum Gasteiger partial charge on any atom is -0.397 e. The fraction of sp³-hybridized carbons (Fsp3) is 0.115. The highest BCUT2D eigenvalue weighted by molar-refractivity contribution is 7.62. The van der Waals surface area contributed by atoms with Gasteiger partial charge in [-0.15, -0.1) is 11.3 Å². The molecule has 0 spiro atoms. The molecule has 3 N–H and O–H groups in total. The van der Waals surface area contributed by atoms with Gasteiger partial charge in [-0.25, -0.2) is 0 Å². The van der Waals surface area contributed by atoms with E-state index in [9.17, 15) is 9.36 Å². The molecule has 2 heterocycles. The first-order valence-corrected chi connectivity index (χ1v) is 13.2. The highest BCUT2D eigenvalue weighted by Crippen LogP contribution is 2.51. The van der Waals surface area contributed by atoms with Gasteiger partial charge in [0.15, 0.2) is 0 Å². The fourth-order valence-electron chi connectivity index (χ4n) is 3.78. The van der Waals surface area contributed by atoms with Crippen LogP contribution in [0.3, 0.4) is 0 Å². The second-order valence-electron chi connectivity index (χ2n) is 7.98. The summed E-state index contributed by atoms with van der Waals surface area (Å²) in [6.07, 6.45) is 0. The van der Waals surface area contributed by atoms with E-state index in [1.54, 1.807) is 41.7 Å². The Morgan fingerprint density at radius 3 is 2.35 bits per heavy atom. The van der Waals surface area contributed by atoms with Crippen molar-refractivity contribution in [3.8, 4) is 10.4 Å². The molecule has 1 amide bonds. The maximum atomic E-state index is 12.9. The average molecular weight is 491 g/mol. The number of amides is 1. The molecule has 1 saturated heterocycles. The van der Waals surface area contributed by atoms with E-state index in [4.69, 9.17) is 14.8 Å². The van der Waals surface area contributed by atoms with Gasteiger partial charge >= 0.3 is 7.60 Å². The molecule has 0 bridgehead atoms. The monoisotopic (exact) mass is 490 g/mol. The molecule has 5 rings (SSSR count). The van der Waals surface area contributed by atoms with Gasteiger partial charge in [-0.2, -0.15) is 0 Å². The molecule has 0 radical (unpaired) electrons. The summed E-state index contributed by atoms with van der Waals surface area (Å²) in [6.45, 7) is 0.563. The van der Waals surface area contributed by atoms with Gasteiger partial charge in [0, 0.05) is 16.4 Å². The molecule has 172 valence electrons. The number of anilines is 2. The molecule has 6 nitrogen and oxygen atoms in total. The molecule has 0 saturated carbocycles. The number of nitrogens with two attached hydrogens (primary N) is 1. The number of nitrogens with one attached hydrogen (secondary N) is 1. The SMILES string of the molecule is Nc1ccc(-c2cccs2)cc1NC(=O)c1ccc([C@H]2CO[P@@](=O)(c3ccccc3)OC2)cc1. The zero-order valence-electron chi connectivity index (χ0n) is 18.2. The van der Waals surface area contributed by atoms with Crippen molar-refractivity contribution in [3.05, 3.63) is 101 Å². The molecule has 3 aromatic carbocycles. The van der Waals surface area contributed by atoms with Crippen LogP contribution in [0.25, 0.3) is 10.4 Å². The zero-order valence-corrected chi connectivity index (χ0v) is 19.9. The molecule has 8 heteroatoms. The van der Waals surface area contributed by atoms with Crippen LogP contribution < -0.4 is 16.4 Å². The van der Waals surface area contributed by atoms with Crippen molar-refractivity contribution in [1.82, 2.24) is 0 Å². The summed E-state index contributed by atoms with van der Waals surface area (Å²) in [5, 5.41) is 5.48. The molecule has 34 heavy (non-hydrogen) atoms. The van der Waals surface area contributed by atoms with Crippen molar-refractivity contribution in [2.24, 2.45) is 0 Å².